The Kier molecular flexibility index (Phi) is 3.20. The molecule has 174 valence electrons. The Morgan fingerprint density at radius 1 is 1.18 bits per heavy atom. The van der Waals surface area contributed by atoms with Gasteiger partial charge in [0.25, 0.3) is 0 Å². The lowest BCUT2D eigenvalue weighted by molar-refractivity contribution is -0.303. The molecule has 10 rings (SSSR count). The Morgan fingerprint density at radius 2 is 1.94 bits per heavy atom. The number of piperidine rings is 2. The molecule has 2 spiro atoms. The van der Waals surface area contributed by atoms with Crippen molar-refractivity contribution in [3.05, 3.63) is 48.0 Å². The van der Waals surface area contributed by atoms with E-state index >= 15 is 0 Å². The molecule has 6 heteroatoms. The van der Waals surface area contributed by atoms with E-state index in [1.54, 1.807) is 24.3 Å². The Bertz CT molecular complexity index is 1120. The zero-order chi connectivity index (χ0) is 22.7. The zero-order valence-corrected chi connectivity index (χ0v) is 18.9. The Morgan fingerprint density at radius 3 is 2.70 bits per heavy atom. The van der Waals surface area contributed by atoms with Gasteiger partial charge in [-0.3, -0.25) is 4.90 Å². The summed E-state index contributed by atoms with van der Waals surface area (Å²) in [6.07, 6.45) is 0.522. The summed E-state index contributed by atoms with van der Waals surface area (Å²) in [6, 6.07) is 9.22. The van der Waals surface area contributed by atoms with Crippen molar-refractivity contribution in [1.29, 1.82) is 0 Å². The molecule has 9 fully saturated rings. The quantitative estimate of drug-likeness (QED) is 0.471. The molecule has 9 aliphatic rings. The van der Waals surface area contributed by atoms with Crippen molar-refractivity contribution >= 4 is 5.97 Å². The molecule has 6 saturated carbocycles. The molecule has 3 heterocycles. The fourth-order valence-electron chi connectivity index (χ4n) is 11.3. The predicted molar refractivity (Wildman–Crippen MR) is 118 cm³/mol. The number of esters is 1. The van der Waals surface area contributed by atoms with Gasteiger partial charge in [0.1, 0.15) is 12.2 Å². The van der Waals surface area contributed by atoms with Gasteiger partial charge in [0.2, 0.25) is 0 Å². The molecule has 0 aromatic heterocycles. The number of nitrogens with zero attached hydrogens (tertiary/aromatic N) is 1. The number of carbonyl (C=O) groups excluding carboxylic acids is 1. The largest absolute Gasteiger partial charge is 0.456 e. The highest BCUT2D eigenvalue weighted by Gasteiger charge is 2.95. The van der Waals surface area contributed by atoms with E-state index in [2.05, 4.69) is 18.4 Å². The molecule has 3 saturated heterocycles. The highest BCUT2D eigenvalue weighted by Crippen LogP contribution is 2.88. The first-order valence-electron chi connectivity index (χ1n) is 12.5. The Labute approximate surface area is 193 Å². The molecule has 1 unspecified atom stereocenters. The topological polar surface area (TPSA) is 90.2 Å². The highest BCUT2D eigenvalue weighted by molar-refractivity contribution is 5.89. The van der Waals surface area contributed by atoms with Gasteiger partial charge in [-0.2, -0.15) is 0 Å². The van der Waals surface area contributed by atoms with Gasteiger partial charge in [-0.25, -0.2) is 4.79 Å². The standard InChI is InChI=1S/C27H31NO5/c1-13-15-8-16-20-27-19-17(10-25(16,21(13)29)26(27,32)9-15)28(20)12-24(19,2)11-18(22(27)30)33-23(31)14-6-4-3-5-7-14/h3-7,15-22,29-30,32H,1,8-12H2,2H3/t15-,16+,17-,18-,19+,20+,21+,22+,24-,25-,26-,27+/m0/s1. The van der Waals surface area contributed by atoms with Crippen LogP contribution in [0.4, 0.5) is 0 Å². The van der Waals surface area contributed by atoms with Crippen LogP contribution in [0.3, 0.4) is 0 Å². The zero-order valence-electron chi connectivity index (χ0n) is 18.9. The SMILES string of the molecule is C=C1[C@H]2C[C@@H]3[C@H]4N5C[C@]6(C)C[C@H](OC(=O)c7ccccc7)[C@@H](O)[C@@]47[C@@H]6[C@@H]5C[C@]3([C@@H]1O)[C@@]7(O)C2. The number of carbonyl (C=O) groups is 1. The van der Waals surface area contributed by atoms with Crippen LogP contribution in [0.5, 0.6) is 0 Å². The highest BCUT2D eigenvalue weighted by atomic mass is 16.6. The van der Waals surface area contributed by atoms with Gasteiger partial charge in [0.15, 0.2) is 0 Å². The molecule has 0 amide bonds. The maximum atomic E-state index is 13.0. The van der Waals surface area contributed by atoms with E-state index in [0.29, 0.717) is 18.4 Å². The van der Waals surface area contributed by atoms with Crippen molar-refractivity contribution < 1.29 is 24.9 Å². The van der Waals surface area contributed by atoms with E-state index in [0.717, 1.165) is 25.0 Å². The number of aliphatic hydroxyl groups is 3. The number of hydrogen-bond donors (Lipinski definition) is 3. The molecule has 33 heavy (non-hydrogen) atoms. The van der Waals surface area contributed by atoms with Gasteiger partial charge in [0.05, 0.1) is 22.7 Å². The number of benzene rings is 1. The fourth-order valence-corrected chi connectivity index (χ4v) is 11.3. The number of fused-ring (bicyclic) bond motifs is 1. The fraction of sp³-hybridized carbons (Fsp3) is 0.667. The summed E-state index contributed by atoms with van der Waals surface area (Å²) in [5.74, 6) is -0.0439. The second-order valence-corrected chi connectivity index (χ2v) is 12.5. The summed E-state index contributed by atoms with van der Waals surface area (Å²) >= 11 is 0. The number of aliphatic hydroxyl groups excluding tert-OH is 2. The third-order valence-corrected chi connectivity index (χ3v) is 11.8. The maximum absolute atomic E-state index is 13.0. The van der Waals surface area contributed by atoms with Crippen LogP contribution >= 0.6 is 0 Å². The number of hydrogen-bond acceptors (Lipinski definition) is 6. The minimum atomic E-state index is -1.17. The minimum absolute atomic E-state index is 0.0281. The minimum Gasteiger partial charge on any atom is -0.456 e. The van der Waals surface area contributed by atoms with Crippen LogP contribution in [0.15, 0.2) is 42.5 Å². The van der Waals surface area contributed by atoms with Crippen LogP contribution in [-0.4, -0.2) is 68.7 Å². The van der Waals surface area contributed by atoms with Crippen LogP contribution in [-0.2, 0) is 4.74 Å². The molecule has 1 aromatic carbocycles. The monoisotopic (exact) mass is 449 g/mol. The molecular formula is C27H31NO5. The van der Waals surface area contributed by atoms with Crippen molar-refractivity contribution in [3.63, 3.8) is 0 Å². The second-order valence-electron chi connectivity index (χ2n) is 12.5. The molecule has 9 bridgehead atoms. The van der Waals surface area contributed by atoms with E-state index in [9.17, 15) is 20.1 Å². The van der Waals surface area contributed by atoms with E-state index in [4.69, 9.17) is 4.74 Å². The first-order valence-corrected chi connectivity index (χ1v) is 12.5. The molecule has 3 N–H and O–H groups in total. The summed E-state index contributed by atoms with van der Waals surface area (Å²) in [6.45, 7) is 7.40. The van der Waals surface area contributed by atoms with Gasteiger partial charge in [0, 0.05) is 24.0 Å². The number of rotatable bonds is 2. The lowest BCUT2D eigenvalue weighted by Gasteiger charge is -2.69. The first kappa shape index (κ1) is 19.6. The van der Waals surface area contributed by atoms with Crippen molar-refractivity contribution in [2.75, 3.05) is 6.54 Å². The summed E-state index contributed by atoms with van der Waals surface area (Å²) in [7, 11) is 0. The summed E-state index contributed by atoms with van der Waals surface area (Å²) in [5.41, 5.74) is -1.38. The summed E-state index contributed by atoms with van der Waals surface area (Å²) in [4.78, 5) is 15.6. The molecule has 3 aliphatic heterocycles. The lowest BCUT2D eigenvalue weighted by atomic mass is 9.37. The molecule has 1 aromatic rings. The number of ether oxygens (including phenoxy) is 1. The van der Waals surface area contributed by atoms with Gasteiger partial charge in [-0.05, 0) is 66.6 Å². The summed E-state index contributed by atoms with van der Waals surface area (Å²) < 4.78 is 6.03. The molecule has 13 atom stereocenters. The van der Waals surface area contributed by atoms with Crippen molar-refractivity contribution in [1.82, 2.24) is 4.90 Å². The molecule has 6 aliphatic carbocycles. The Balaban J connectivity index is 1.28. The van der Waals surface area contributed by atoms with Crippen LogP contribution in [0, 0.1) is 34.0 Å². The van der Waals surface area contributed by atoms with Crippen molar-refractivity contribution in [2.45, 2.75) is 68.6 Å². The predicted octanol–water partition coefficient (Wildman–Crippen LogP) is 1.74. The molecule has 6 nitrogen and oxygen atoms in total. The molecular weight excluding hydrogens is 418 g/mol. The van der Waals surface area contributed by atoms with Crippen LogP contribution in [0.2, 0.25) is 0 Å². The smallest absolute Gasteiger partial charge is 0.338 e. The molecule has 0 radical (unpaired) electrons. The second kappa shape index (κ2) is 5.40. The van der Waals surface area contributed by atoms with E-state index in [-0.39, 0.29) is 35.3 Å². The van der Waals surface area contributed by atoms with Gasteiger partial charge in [-0.15, -0.1) is 0 Å². The van der Waals surface area contributed by atoms with Crippen LogP contribution in [0.1, 0.15) is 43.0 Å². The lowest BCUT2D eigenvalue weighted by Crippen LogP contribution is -2.77. The van der Waals surface area contributed by atoms with Gasteiger partial charge < -0.3 is 20.1 Å². The van der Waals surface area contributed by atoms with E-state index in [1.807, 2.05) is 6.07 Å². The van der Waals surface area contributed by atoms with Crippen molar-refractivity contribution in [2.24, 2.45) is 34.0 Å². The van der Waals surface area contributed by atoms with Gasteiger partial charge in [-0.1, -0.05) is 31.7 Å². The normalized spacial score (nSPS) is 60.5. The van der Waals surface area contributed by atoms with E-state index < -0.39 is 40.7 Å². The van der Waals surface area contributed by atoms with Gasteiger partial charge >= 0.3 is 5.97 Å². The van der Waals surface area contributed by atoms with E-state index in [1.165, 1.54) is 0 Å². The average Bonchev–Trinajstić information content (AvgIpc) is 3.20. The van der Waals surface area contributed by atoms with Crippen molar-refractivity contribution in [3.8, 4) is 0 Å². The third kappa shape index (κ3) is 1.67. The maximum Gasteiger partial charge on any atom is 0.338 e. The average molecular weight is 450 g/mol. The third-order valence-electron chi connectivity index (χ3n) is 11.8. The summed E-state index contributed by atoms with van der Waals surface area (Å²) in [5, 5.41) is 36.3. The van der Waals surface area contributed by atoms with Crippen LogP contribution < -0.4 is 0 Å². The first-order chi connectivity index (χ1) is 15.7. The Hall–Kier alpha value is -1.73. The van der Waals surface area contributed by atoms with Crippen LogP contribution in [0.25, 0.3) is 0 Å².